The van der Waals surface area contributed by atoms with E-state index in [1.807, 2.05) is 0 Å². The van der Waals surface area contributed by atoms with Gasteiger partial charge < -0.3 is 10.2 Å². The van der Waals surface area contributed by atoms with Crippen molar-refractivity contribution in [2.75, 3.05) is 40.3 Å². The topological polar surface area (TPSA) is 18.5 Å². The molecule has 1 aliphatic rings. The summed E-state index contributed by atoms with van der Waals surface area (Å²) in [6.45, 7) is 11.6. The third-order valence-corrected chi connectivity index (χ3v) is 3.98. The average Bonchev–Trinajstić information content (AvgIpc) is 2.24. The van der Waals surface area contributed by atoms with Crippen LogP contribution in [0.25, 0.3) is 0 Å². The van der Waals surface area contributed by atoms with Gasteiger partial charge in [0.05, 0.1) is 0 Å². The maximum atomic E-state index is 3.60. The van der Waals surface area contributed by atoms with Crippen LogP contribution in [0.15, 0.2) is 0 Å². The summed E-state index contributed by atoms with van der Waals surface area (Å²) >= 11 is 0. The summed E-state index contributed by atoms with van der Waals surface area (Å²) in [5.74, 6) is 0.876. The van der Waals surface area contributed by atoms with Crippen LogP contribution in [-0.4, -0.2) is 62.2 Å². The first-order valence-electron chi connectivity index (χ1n) is 7.66. The molecule has 0 aromatic rings. The molecular formula is C15H33N3. The lowest BCUT2D eigenvalue weighted by atomic mass is 9.78. The molecule has 1 aliphatic carbocycles. The third kappa shape index (κ3) is 5.25. The van der Waals surface area contributed by atoms with Crippen molar-refractivity contribution in [3.05, 3.63) is 0 Å². The summed E-state index contributed by atoms with van der Waals surface area (Å²) in [5, 5.41) is 3.60. The van der Waals surface area contributed by atoms with Crippen LogP contribution in [0.2, 0.25) is 0 Å². The Morgan fingerprint density at radius 3 is 2.28 bits per heavy atom. The number of hydrogen-bond donors (Lipinski definition) is 1. The molecule has 3 nitrogen and oxygen atoms in total. The fourth-order valence-electron chi connectivity index (χ4n) is 2.72. The van der Waals surface area contributed by atoms with Crippen molar-refractivity contribution in [1.29, 1.82) is 0 Å². The lowest BCUT2D eigenvalue weighted by Crippen LogP contribution is -2.52. The van der Waals surface area contributed by atoms with E-state index in [-0.39, 0.29) is 0 Å². The average molecular weight is 255 g/mol. The molecule has 0 aromatic heterocycles. The van der Waals surface area contributed by atoms with Gasteiger partial charge >= 0.3 is 0 Å². The summed E-state index contributed by atoms with van der Waals surface area (Å²) in [7, 11) is 4.34. The van der Waals surface area contributed by atoms with Crippen LogP contribution in [0.1, 0.15) is 40.0 Å². The van der Waals surface area contributed by atoms with Gasteiger partial charge in [-0.3, -0.25) is 4.90 Å². The van der Waals surface area contributed by atoms with Crippen LogP contribution < -0.4 is 5.32 Å². The molecule has 0 aromatic carbocycles. The SMILES string of the molecule is CCCN(CCN(C)C)C1CCC1CNC(C)C. The summed E-state index contributed by atoms with van der Waals surface area (Å²) in [6.07, 6.45) is 4.08. The summed E-state index contributed by atoms with van der Waals surface area (Å²) in [5.41, 5.74) is 0. The van der Waals surface area contributed by atoms with Gasteiger partial charge in [-0.2, -0.15) is 0 Å². The van der Waals surface area contributed by atoms with Crippen molar-refractivity contribution in [3.8, 4) is 0 Å². The van der Waals surface area contributed by atoms with Gasteiger partial charge in [0.2, 0.25) is 0 Å². The summed E-state index contributed by atoms with van der Waals surface area (Å²) in [4.78, 5) is 5.01. The minimum atomic E-state index is 0.618. The van der Waals surface area contributed by atoms with Crippen molar-refractivity contribution in [2.24, 2.45) is 5.92 Å². The standard InChI is InChI=1S/C15H33N3/c1-6-9-18(11-10-17(4)5)15-8-7-14(15)12-16-13(2)3/h13-16H,6-12H2,1-5H3. The maximum Gasteiger partial charge on any atom is 0.0136 e. The van der Waals surface area contributed by atoms with Gasteiger partial charge in [0, 0.05) is 25.2 Å². The van der Waals surface area contributed by atoms with Crippen LogP contribution in [0.3, 0.4) is 0 Å². The van der Waals surface area contributed by atoms with E-state index in [4.69, 9.17) is 0 Å². The minimum absolute atomic E-state index is 0.618. The quantitative estimate of drug-likeness (QED) is 0.680. The van der Waals surface area contributed by atoms with Crippen molar-refractivity contribution < 1.29 is 0 Å². The number of hydrogen-bond acceptors (Lipinski definition) is 3. The number of nitrogens with zero attached hydrogens (tertiary/aromatic N) is 2. The van der Waals surface area contributed by atoms with Crippen LogP contribution >= 0.6 is 0 Å². The molecule has 1 rings (SSSR count). The molecule has 2 atom stereocenters. The second kappa shape index (κ2) is 8.13. The molecule has 1 saturated carbocycles. The second-order valence-corrected chi connectivity index (χ2v) is 6.31. The van der Waals surface area contributed by atoms with E-state index in [0.717, 1.165) is 12.0 Å². The Balaban J connectivity index is 2.36. The molecule has 0 radical (unpaired) electrons. The fourth-order valence-corrected chi connectivity index (χ4v) is 2.72. The number of nitrogens with one attached hydrogen (secondary N) is 1. The molecule has 18 heavy (non-hydrogen) atoms. The largest absolute Gasteiger partial charge is 0.314 e. The van der Waals surface area contributed by atoms with Gasteiger partial charge in [-0.05, 0) is 52.4 Å². The monoisotopic (exact) mass is 255 g/mol. The molecular weight excluding hydrogens is 222 g/mol. The zero-order valence-corrected chi connectivity index (χ0v) is 13.1. The lowest BCUT2D eigenvalue weighted by molar-refractivity contribution is 0.0556. The first-order chi connectivity index (χ1) is 8.54. The van der Waals surface area contributed by atoms with E-state index in [1.54, 1.807) is 0 Å². The molecule has 1 N–H and O–H groups in total. The van der Waals surface area contributed by atoms with E-state index in [1.165, 1.54) is 45.4 Å². The summed E-state index contributed by atoms with van der Waals surface area (Å²) in [6, 6.07) is 1.45. The Labute approximate surface area is 114 Å². The predicted molar refractivity (Wildman–Crippen MR) is 80.1 cm³/mol. The first kappa shape index (κ1) is 15.9. The normalized spacial score (nSPS) is 24.0. The second-order valence-electron chi connectivity index (χ2n) is 6.31. The van der Waals surface area contributed by atoms with Gasteiger partial charge in [-0.1, -0.05) is 20.8 Å². The van der Waals surface area contributed by atoms with Crippen LogP contribution in [0.4, 0.5) is 0 Å². The molecule has 0 heterocycles. The Hall–Kier alpha value is -0.120. The fraction of sp³-hybridized carbons (Fsp3) is 1.00. The smallest absolute Gasteiger partial charge is 0.0136 e. The van der Waals surface area contributed by atoms with Gasteiger partial charge in [0.25, 0.3) is 0 Å². The van der Waals surface area contributed by atoms with Crippen molar-refractivity contribution in [1.82, 2.24) is 15.1 Å². The Kier molecular flexibility index (Phi) is 7.20. The predicted octanol–water partition coefficient (Wildman–Crippen LogP) is 2.04. The lowest BCUT2D eigenvalue weighted by Gasteiger charge is -2.45. The maximum absolute atomic E-state index is 3.60. The highest BCUT2D eigenvalue weighted by Gasteiger charge is 2.34. The van der Waals surface area contributed by atoms with E-state index in [0.29, 0.717) is 6.04 Å². The zero-order valence-electron chi connectivity index (χ0n) is 13.1. The molecule has 0 saturated heterocycles. The van der Waals surface area contributed by atoms with Crippen LogP contribution in [0.5, 0.6) is 0 Å². The zero-order chi connectivity index (χ0) is 13.5. The molecule has 3 heteroatoms. The van der Waals surface area contributed by atoms with Crippen LogP contribution in [-0.2, 0) is 0 Å². The Bertz CT molecular complexity index is 216. The van der Waals surface area contributed by atoms with Gasteiger partial charge in [-0.15, -0.1) is 0 Å². The molecule has 0 aliphatic heterocycles. The van der Waals surface area contributed by atoms with Gasteiger partial charge in [0.15, 0.2) is 0 Å². The highest BCUT2D eigenvalue weighted by molar-refractivity contribution is 4.90. The highest BCUT2D eigenvalue weighted by Crippen LogP contribution is 2.31. The first-order valence-corrected chi connectivity index (χ1v) is 7.66. The number of rotatable bonds is 9. The minimum Gasteiger partial charge on any atom is -0.314 e. The Morgan fingerprint density at radius 1 is 1.11 bits per heavy atom. The molecule has 0 amide bonds. The van der Waals surface area contributed by atoms with Crippen molar-refractivity contribution in [2.45, 2.75) is 52.1 Å². The molecule has 0 spiro atoms. The molecule has 0 bridgehead atoms. The van der Waals surface area contributed by atoms with E-state index in [2.05, 4.69) is 50.0 Å². The van der Waals surface area contributed by atoms with E-state index in [9.17, 15) is 0 Å². The third-order valence-electron chi connectivity index (χ3n) is 3.98. The number of likely N-dealkylation sites (N-methyl/N-ethyl adjacent to an activating group) is 1. The van der Waals surface area contributed by atoms with Gasteiger partial charge in [-0.25, -0.2) is 0 Å². The van der Waals surface area contributed by atoms with E-state index >= 15 is 0 Å². The Morgan fingerprint density at radius 2 is 1.83 bits per heavy atom. The highest BCUT2D eigenvalue weighted by atomic mass is 15.2. The van der Waals surface area contributed by atoms with Crippen molar-refractivity contribution >= 4 is 0 Å². The molecule has 1 fully saturated rings. The summed E-state index contributed by atoms with van der Waals surface area (Å²) < 4.78 is 0. The molecule has 108 valence electrons. The van der Waals surface area contributed by atoms with Crippen LogP contribution in [0, 0.1) is 5.92 Å². The van der Waals surface area contributed by atoms with Crippen molar-refractivity contribution in [3.63, 3.8) is 0 Å². The van der Waals surface area contributed by atoms with Gasteiger partial charge in [0.1, 0.15) is 0 Å². The molecule has 2 unspecified atom stereocenters. The van der Waals surface area contributed by atoms with E-state index < -0.39 is 0 Å².